The van der Waals surface area contributed by atoms with Crippen LogP contribution in [0.5, 0.6) is 0 Å². The van der Waals surface area contributed by atoms with Crippen molar-refractivity contribution in [1.82, 2.24) is 0 Å². The Balaban J connectivity index is 0.000000538. The second-order valence-electron chi connectivity index (χ2n) is 21.5. The van der Waals surface area contributed by atoms with Crippen LogP contribution in [0, 0.1) is 25.7 Å². The van der Waals surface area contributed by atoms with Crippen molar-refractivity contribution in [2.45, 2.75) is 152 Å². The van der Waals surface area contributed by atoms with E-state index in [4.69, 9.17) is 0 Å². The summed E-state index contributed by atoms with van der Waals surface area (Å²) in [6.07, 6.45) is 3.03. The van der Waals surface area contributed by atoms with Gasteiger partial charge in [-0.05, 0) is 79.7 Å². The Kier molecular flexibility index (Phi) is 20.6. The third-order valence-corrected chi connectivity index (χ3v) is 10.9. The van der Waals surface area contributed by atoms with Crippen LogP contribution in [-0.2, 0) is 60.3 Å². The van der Waals surface area contributed by atoms with Crippen LogP contribution in [0.3, 0.4) is 0 Å². The van der Waals surface area contributed by atoms with Crippen LogP contribution in [0.2, 0.25) is 0 Å². The van der Waals surface area contributed by atoms with Gasteiger partial charge in [-0.2, -0.15) is 12.1 Å². The molecule has 0 atom stereocenters. The van der Waals surface area contributed by atoms with E-state index in [2.05, 4.69) is 222 Å². The van der Waals surface area contributed by atoms with Gasteiger partial charge in [-0.1, -0.05) is 170 Å². The molecule has 60 heavy (non-hydrogen) atoms. The van der Waals surface area contributed by atoms with Gasteiger partial charge in [0.05, 0.1) is 0 Å². The Morgan fingerprint density at radius 1 is 0.450 bits per heavy atom. The first kappa shape index (κ1) is 55.6. The number of benzene rings is 4. The van der Waals surface area contributed by atoms with Crippen molar-refractivity contribution in [1.29, 1.82) is 0 Å². The van der Waals surface area contributed by atoms with Gasteiger partial charge in [0, 0.05) is 0 Å². The van der Waals surface area contributed by atoms with Crippen LogP contribution in [0.25, 0.3) is 43.8 Å². The number of rotatable bonds is 6. The molecule has 6 aromatic rings. The van der Waals surface area contributed by atoms with Crippen molar-refractivity contribution < 1.29 is 25.8 Å². The second-order valence-corrected chi connectivity index (χ2v) is 21.5. The molecule has 0 radical (unpaired) electrons. The maximum absolute atomic E-state index is 3.38. The number of fused-ring (bicyclic) bond motifs is 2. The molecule has 0 spiro atoms. The van der Waals surface area contributed by atoms with E-state index >= 15 is 0 Å². The Morgan fingerprint density at radius 3 is 0.950 bits per heavy atom. The molecule has 0 amide bonds. The molecule has 0 aliphatic rings. The van der Waals surface area contributed by atoms with Crippen molar-refractivity contribution in [3.8, 4) is 22.3 Å². The van der Waals surface area contributed by atoms with Gasteiger partial charge in [0.15, 0.2) is 0 Å². The third-order valence-electron chi connectivity index (χ3n) is 10.9. The van der Waals surface area contributed by atoms with Crippen molar-refractivity contribution in [3.05, 3.63) is 144 Å². The fourth-order valence-corrected chi connectivity index (χ4v) is 7.57. The summed E-state index contributed by atoms with van der Waals surface area (Å²) in [4.78, 5) is 0. The van der Waals surface area contributed by atoms with Gasteiger partial charge in [0.1, 0.15) is 0 Å². The average Bonchev–Trinajstić information content (AvgIpc) is 3.69. The van der Waals surface area contributed by atoms with E-state index in [-0.39, 0.29) is 72.3 Å². The molecular formula is C57H78Cl2Hf. The van der Waals surface area contributed by atoms with Gasteiger partial charge in [-0.25, -0.2) is 0 Å². The standard InChI is InChI=1S/2C27H35.C3H6.2ClH.Hf/c2*1-18(2)12-19-13-20-10-9-11-24(25(20)14-19)21-15-22(26(3,4)5)17-23(16-21)27(6,7)8;1-3-2;;;/h2*9-11,13-18H,12H2,1-8H3;1-3H2;2*1H;/q2*-1;-2;;;+4. The molecule has 0 fully saturated rings. The molecule has 0 bridgehead atoms. The van der Waals surface area contributed by atoms with E-state index in [9.17, 15) is 0 Å². The summed E-state index contributed by atoms with van der Waals surface area (Å²) in [5, 5.41) is 5.50. The van der Waals surface area contributed by atoms with Gasteiger partial charge in [0.25, 0.3) is 0 Å². The molecule has 0 aromatic heterocycles. The second kappa shape index (κ2) is 22.3. The van der Waals surface area contributed by atoms with Crippen molar-refractivity contribution in [3.63, 3.8) is 0 Å². The maximum atomic E-state index is 3.38. The van der Waals surface area contributed by atoms with Gasteiger partial charge in [-0.3, -0.25) is 0 Å². The molecule has 324 valence electrons. The summed E-state index contributed by atoms with van der Waals surface area (Å²) in [5.74, 6) is 1.36. The molecule has 6 aromatic carbocycles. The van der Waals surface area contributed by atoms with Gasteiger partial charge < -0.3 is 20.3 Å². The minimum Gasteiger partial charge on any atom is -0.372 e. The SMILES string of the molecule is CC(C)Cc1cc2c(-c3cc(C(C)(C)C)cc(C(C)(C)C)c3)cccc2[cH-]1.CC(C)Cc1cc2c(-c3cc(C(C)(C)C)cc(C(C)(C)C)c3)cccc2[cH-]1.Cl.Cl.[CH2-]C[CH2-].[Hf+4]. The minimum atomic E-state index is 0. The van der Waals surface area contributed by atoms with Crippen LogP contribution < -0.4 is 0 Å². The largest absolute Gasteiger partial charge is 4.00 e. The topological polar surface area (TPSA) is 0 Å². The predicted molar refractivity (Wildman–Crippen MR) is 272 cm³/mol. The first-order chi connectivity index (χ1) is 26.3. The molecule has 0 nitrogen and oxygen atoms in total. The fraction of sp³-hybridized carbons (Fsp3) is 0.439. The molecule has 0 unspecified atom stereocenters. The van der Waals surface area contributed by atoms with E-state index in [1.54, 1.807) is 0 Å². The molecule has 0 N–H and O–H groups in total. The van der Waals surface area contributed by atoms with E-state index in [0.717, 1.165) is 19.3 Å². The molecule has 0 heterocycles. The normalized spacial score (nSPS) is 11.9. The Bertz CT molecular complexity index is 2010. The van der Waals surface area contributed by atoms with Crippen molar-refractivity contribution in [2.24, 2.45) is 11.8 Å². The van der Waals surface area contributed by atoms with E-state index in [1.807, 2.05) is 0 Å². The third kappa shape index (κ3) is 14.8. The first-order valence-corrected chi connectivity index (χ1v) is 21.6. The molecule has 0 aliphatic carbocycles. The van der Waals surface area contributed by atoms with Crippen molar-refractivity contribution >= 4 is 46.4 Å². The summed E-state index contributed by atoms with van der Waals surface area (Å²) in [5.41, 5.74) is 14.5. The number of hydrogen-bond donors (Lipinski definition) is 0. The van der Waals surface area contributed by atoms with E-state index < -0.39 is 0 Å². The zero-order valence-electron chi connectivity index (χ0n) is 40.2. The Labute approximate surface area is 399 Å². The predicted octanol–water partition coefficient (Wildman–Crippen LogP) is 17.9. The monoisotopic (exact) mass is 1010 g/mol. The van der Waals surface area contributed by atoms with Crippen LogP contribution in [0.15, 0.2) is 97.1 Å². The van der Waals surface area contributed by atoms with Crippen LogP contribution in [-0.4, -0.2) is 0 Å². The smallest absolute Gasteiger partial charge is 0.372 e. The molecule has 0 saturated heterocycles. The molecule has 3 heteroatoms. The molecular weight excluding hydrogens is 934 g/mol. The Hall–Kier alpha value is -2.45. The summed E-state index contributed by atoms with van der Waals surface area (Å²) in [7, 11) is 0. The zero-order valence-corrected chi connectivity index (χ0v) is 45.5. The molecule has 0 aliphatic heterocycles. The summed E-state index contributed by atoms with van der Waals surface area (Å²) in [6, 6.07) is 37.5. The van der Waals surface area contributed by atoms with E-state index in [1.165, 1.54) is 77.2 Å². The van der Waals surface area contributed by atoms with Crippen LogP contribution in [0.4, 0.5) is 0 Å². The minimum absolute atomic E-state index is 0. The zero-order chi connectivity index (χ0) is 42.7. The quantitative estimate of drug-likeness (QED) is 0.115. The maximum Gasteiger partial charge on any atom is 4.00 e. The molecule has 6 rings (SSSR count). The summed E-state index contributed by atoms with van der Waals surface area (Å²) in [6.45, 7) is 43.6. The van der Waals surface area contributed by atoms with Crippen LogP contribution >= 0.6 is 24.8 Å². The summed E-state index contributed by atoms with van der Waals surface area (Å²) >= 11 is 0. The number of hydrogen-bond acceptors (Lipinski definition) is 0. The summed E-state index contributed by atoms with van der Waals surface area (Å²) < 4.78 is 0. The van der Waals surface area contributed by atoms with Gasteiger partial charge in [0.2, 0.25) is 0 Å². The Morgan fingerprint density at radius 2 is 0.717 bits per heavy atom. The fourth-order valence-electron chi connectivity index (χ4n) is 7.57. The average molecular weight is 1010 g/mol. The van der Waals surface area contributed by atoms with E-state index in [0.29, 0.717) is 11.8 Å². The van der Waals surface area contributed by atoms with Gasteiger partial charge >= 0.3 is 25.8 Å². The number of halogens is 2. The van der Waals surface area contributed by atoms with Crippen LogP contribution in [0.1, 0.15) is 151 Å². The first-order valence-electron chi connectivity index (χ1n) is 21.6. The molecule has 0 saturated carbocycles. The van der Waals surface area contributed by atoms with Gasteiger partial charge in [-0.15, -0.1) is 93.9 Å². The van der Waals surface area contributed by atoms with Crippen molar-refractivity contribution in [2.75, 3.05) is 0 Å².